The summed E-state index contributed by atoms with van der Waals surface area (Å²) in [6.07, 6.45) is 0.214. The quantitative estimate of drug-likeness (QED) is 0.507. The van der Waals surface area contributed by atoms with Crippen LogP contribution in [0.3, 0.4) is 0 Å². The van der Waals surface area contributed by atoms with Gasteiger partial charge in [0.25, 0.3) is 0 Å². The van der Waals surface area contributed by atoms with Gasteiger partial charge in [-0.1, -0.05) is 6.92 Å². The van der Waals surface area contributed by atoms with Crippen molar-refractivity contribution in [1.29, 1.82) is 0 Å². The van der Waals surface area contributed by atoms with Crippen LogP contribution in [0, 0.1) is 0 Å². The minimum absolute atomic E-state index is 0.457. The molecule has 0 radical (unpaired) electrons. The van der Waals surface area contributed by atoms with E-state index in [-0.39, 0.29) is 0 Å². The van der Waals surface area contributed by atoms with E-state index in [1.165, 1.54) is 0 Å². The Hall–Kier alpha value is -0.200. The van der Waals surface area contributed by atoms with Crippen molar-refractivity contribution in [2.45, 2.75) is 53.3 Å². The molecule has 1 atom stereocenters. The Morgan fingerprint density at radius 1 is 0.722 bits per heavy atom. The first kappa shape index (κ1) is 17.8. The SMILES string of the molecule is CCCOC(OCC)C(OCC)(OCC)OCC. The minimum Gasteiger partial charge on any atom is -0.346 e. The van der Waals surface area contributed by atoms with Gasteiger partial charge in [-0.05, 0) is 34.1 Å². The lowest BCUT2D eigenvalue weighted by atomic mass is 10.4. The summed E-state index contributed by atoms with van der Waals surface area (Å²) in [6, 6.07) is 0. The van der Waals surface area contributed by atoms with Crippen LogP contribution in [0.25, 0.3) is 0 Å². The molecular formula is C13H28O5. The first-order valence-electron chi connectivity index (χ1n) is 6.85. The van der Waals surface area contributed by atoms with Gasteiger partial charge in [0.15, 0.2) is 0 Å². The van der Waals surface area contributed by atoms with Gasteiger partial charge in [0.2, 0.25) is 6.29 Å². The van der Waals surface area contributed by atoms with Gasteiger partial charge in [0.1, 0.15) is 0 Å². The van der Waals surface area contributed by atoms with Gasteiger partial charge in [-0.25, -0.2) is 0 Å². The molecule has 0 heterocycles. The van der Waals surface area contributed by atoms with Crippen LogP contribution in [-0.4, -0.2) is 45.3 Å². The summed E-state index contributed by atoms with van der Waals surface area (Å²) < 4.78 is 28.1. The molecule has 0 N–H and O–H groups in total. The van der Waals surface area contributed by atoms with Crippen LogP contribution in [0.1, 0.15) is 41.0 Å². The third-order valence-electron chi connectivity index (χ3n) is 2.12. The van der Waals surface area contributed by atoms with Crippen LogP contribution in [0.4, 0.5) is 0 Å². The Labute approximate surface area is 111 Å². The van der Waals surface area contributed by atoms with Crippen LogP contribution < -0.4 is 0 Å². The largest absolute Gasteiger partial charge is 0.346 e. The molecule has 0 saturated carbocycles. The molecular weight excluding hydrogens is 236 g/mol. The number of hydrogen-bond donors (Lipinski definition) is 0. The fraction of sp³-hybridized carbons (Fsp3) is 1.00. The van der Waals surface area contributed by atoms with E-state index in [9.17, 15) is 0 Å². The molecule has 0 aliphatic carbocycles. The predicted octanol–water partition coefficient (Wildman–Crippen LogP) is 2.54. The molecule has 0 saturated heterocycles. The van der Waals surface area contributed by atoms with Crippen LogP contribution in [0.5, 0.6) is 0 Å². The second-order valence-electron chi connectivity index (χ2n) is 3.56. The summed E-state index contributed by atoms with van der Waals surface area (Å²) in [5.41, 5.74) is 0. The zero-order valence-corrected chi connectivity index (χ0v) is 12.4. The monoisotopic (exact) mass is 264 g/mol. The lowest BCUT2D eigenvalue weighted by molar-refractivity contribution is -0.453. The zero-order valence-electron chi connectivity index (χ0n) is 12.4. The van der Waals surface area contributed by atoms with Crippen molar-refractivity contribution in [2.24, 2.45) is 0 Å². The van der Waals surface area contributed by atoms with Crippen LogP contribution in [-0.2, 0) is 23.7 Å². The molecule has 0 bridgehead atoms. The summed E-state index contributed by atoms with van der Waals surface area (Å²) >= 11 is 0. The highest BCUT2D eigenvalue weighted by Crippen LogP contribution is 2.24. The Kier molecular flexibility index (Phi) is 10.6. The Morgan fingerprint density at radius 3 is 1.56 bits per heavy atom. The highest BCUT2D eigenvalue weighted by atomic mass is 16.9. The smallest absolute Gasteiger partial charge is 0.337 e. The molecule has 0 fully saturated rings. The fourth-order valence-corrected chi connectivity index (χ4v) is 1.56. The molecule has 1 unspecified atom stereocenters. The molecule has 0 aromatic carbocycles. The van der Waals surface area contributed by atoms with Crippen molar-refractivity contribution in [3.63, 3.8) is 0 Å². The van der Waals surface area contributed by atoms with E-state index in [0.29, 0.717) is 33.0 Å². The first-order chi connectivity index (χ1) is 8.70. The van der Waals surface area contributed by atoms with Crippen LogP contribution in [0.2, 0.25) is 0 Å². The van der Waals surface area contributed by atoms with E-state index in [1.807, 2.05) is 34.6 Å². The van der Waals surface area contributed by atoms with Crippen molar-refractivity contribution < 1.29 is 23.7 Å². The highest BCUT2D eigenvalue weighted by molar-refractivity contribution is 4.64. The minimum atomic E-state index is -1.27. The molecule has 110 valence electrons. The molecule has 0 rings (SSSR count). The molecule has 0 amide bonds. The second kappa shape index (κ2) is 10.7. The molecule has 0 aliphatic rings. The van der Waals surface area contributed by atoms with Gasteiger partial charge in [0, 0.05) is 33.0 Å². The maximum atomic E-state index is 5.66. The molecule has 18 heavy (non-hydrogen) atoms. The van der Waals surface area contributed by atoms with E-state index in [0.717, 1.165) is 6.42 Å². The average Bonchev–Trinajstić information content (AvgIpc) is 2.35. The van der Waals surface area contributed by atoms with Crippen molar-refractivity contribution in [1.82, 2.24) is 0 Å². The lowest BCUT2D eigenvalue weighted by Crippen LogP contribution is -2.52. The van der Waals surface area contributed by atoms with Crippen molar-refractivity contribution in [3.05, 3.63) is 0 Å². The van der Waals surface area contributed by atoms with E-state index in [2.05, 4.69) is 0 Å². The summed E-state index contributed by atoms with van der Waals surface area (Å²) in [5.74, 6) is -1.27. The topological polar surface area (TPSA) is 46.2 Å². The highest BCUT2D eigenvalue weighted by Gasteiger charge is 2.44. The van der Waals surface area contributed by atoms with Gasteiger partial charge >= 0.3 is 5.97 Å². The zero-order chi connectivity index (χ0) is 13.9. The van der Waals surface area contributed by atoms with Crippen molar-refractivity contribution >= 4 is 0 Å². The van der Waals surface area contributed by atoms with Crippen LogP contribution >= 0.6 is 0 Å². The number of hydrogen-bond acceptors (Lipinski definition) is 5. The van der Waals surface area contributed by atoms with Crippen LogP contribution in [0.15, 0.2) is 0 Å². The average molecular weight is 264 g/mol. The third kappa shape index (κ3) is 5.63. The Bertz CT molecular complexity index is 169. The summed E-state index contributed by atoms with van der Waals surface area (Å²) in [6.45, 7) is 12.0. The van der Waals surface area contributed by atoms with E-state index >= 15 is 0 Å². The van der Waals surface area contributed by atoms with Crippen molar-refractivity contribution in [2.75, 3.05) is 33.0 Å². The van der Waals surface area contributed by atoms with Crippen molar-refractivity contribution in [3.8, 4) is 0 Å². The van der Waals surface area contributed by atoms with Gasteiger partial charge in [0.05, 0.1) is 0 Å². The number of ether oxygens (including phenoxy) is 5. The lowest BCUT2D eigenvalue weighted by Gasteiger charge is -2.37. The van der Waals surface area contributed by atoms with E-state index in [4.69, 9.17) is 23.7 Å². The molecule has 5 heteroatoms. The van der Waals surface area contributed by atoms with Gasteiger partial charge in [-0.3, -0.25) is 0 Å². The Balaban J connectivity index is 4.88. The van der Waals surface area contributed by atoms with Gasteiger partial charge in [-0.15, -0.1) is 0 Å². The molecule has 0 aromatic rings. The summed E-state index contributed by atoms with van der Waals surface area (Å²) in [4.78, 5) is 0. The molecule has 0 aromatic heterocycles. The normalized spacial score (nSPS) is 13.8. The standard InChI is InChI=1S/C13H28O5/c1-6-11-15-12(14-7-2)13(16-8-3,17-9-4)18-10-5/h12H,6-11H2,1-5H3. The third-order valence-corrected chi connectivity index (χ3v) is 2.12. The van der Waals surface area contributed by atoms with Gasteiger partial charge in [-0.2, -0.15) is 0 Å². The Morgan fingerprint density at radius 2 is 1.22 bits per heavy atom. The molecule has 0 spiro atoms. The summed E-state index contributed by atoms with van der Waals surface area (Å²) in [7, 11) is 0. The molecule has 0 aliphatic heterocycles. The summed E-state index contributed by atoms with van der Waals surface area (Å²) in [5, 5.41) is 0. The molecule has 5 nitrogen and oxygen atoms in total. The first-order valence-corrected chi connectivity index (χ1v) is 6.85. The number of rotatable bonds is 12. The second-order valence-corrected chi connectivity index (χ2v) is 3.56. The van der Waals surface area contributed by atoms with E-state index in [1.54, 1.807) is 0 Å². The maximum Gasteiger partial charge on any atom is 0.337 e. The maximum absolute atomic E-state index is 5.66. The van der Waals surface area contributed by atoms with Gasteiger partial charge < -0.3 is 23.7 Å². The predicted molar refractivity (Wildman–Crippen MR) is 69.3 cm³/mol. The van der Waals surface area contributed by atoms with E-state index < -0.39 is 12.3 Å². The fourth-order valence-electron chi connectivity index (χ4n) is 1.56.